The molecule has 156 valence electrons. The summed E-state index contributed by atoms with van der Waals surface area (Å²) in [5, 5.41) is 2.72. The normalized spacial score (nSPS) is 15.2. The molecule has 0 radical (unpaired) electrons. The number of carbonyl (C=O) groups is 3. The van der Waals surface area contributed by atoms with E-state index in [1.165, 1.54) is 29.3 Å². The maximum absolute atomic E-state index is 12.1. The van der Waals surface area contributed by atoms with Gasteiger partial charge in [-0.05, 0) is 67.1 Å². The van der Waals surface area contributed by atoms with Crippen molar-refractivity contribution in [2.75, 3.05) is 29.1 Å². The Morgan fingerprint density at radius 2 is 1.90 bits per heavy atom. The minimum Gasteiger partial charge on any atom is -0.455 e. The molecule has 1 aliphatic heterocycles. The van der Waals surface area contributed by atoms with Crippen molar-refractivity contribution in [2.45, 2.75) is 37.0 Å². The number of ether oxygens (including phenoxy) is 1. The molecule has 2 amide bonds. The van der Waals surface area contributed by atoms with Gasteiger partial charge in [0, 0.05) is 29.2 Å². The first-order chi connectivity index (χ1) is 14.6. The van der Waals surface area contributed by atoms with E-state index in [0.29, 0.717) is 18.7 Å². The molecule has 0 saturated carbocycles. The third kappa shape index (κ3) is 5.02. The molecule has 1 heterocycles. The summed E-state index contributed by atoms with van der Waals surface area (Å²) in [5.74, 6) is -0.574. The van der Waals surface area contributed by atoms with Crippen LogP contribution in [0.1, 0.15) is 30.4 Å². The van der Waals surface area contributed by atoms with Crippen LogP contribution < -0.4 is 10.2 Å². The molecule has 0 bridgehead atoms. The number of rotatable bonds is 7. The Kier molecular flexibility index (Phi) is 6.38. The number of nitrogens with zero attached hydrogens (tertiary/aromatic N) is 1. The van der Waals surface area contributed by atoms with Crippen LogP contribution in [0.4, 0.5) is 11.4 Å². The third-order valence-corrected chi connectivity index (χ3v) is 6.27. The molecule has 7 heteroatoms. The van der Waals surface area contributed by atoms with Gasteiger partial charge in [0.25, 0.3) is 5.91 Å². The topological polar surface area (TPSA) is 75.7 Å². The first-order valence-corrected chi connectivity index (χ1v) is 11.2. The second-order valence-corrected chi connectivity index (χ2v) is 8.53. The number of hydrogen-bond donors (Lipinski definition) is 1. The number of esters is 1. The zero-order valence-electron chi connectivity index (χ0n) is 16.7. The number of fused-ring (bicyclic) bond motifs is 1. The molecule has 1 saturated heterocycles. The van der Waals surface area contributed by atoms with Crippen molar-refractivity contribution in [1.82, 2.24) is 0 Å². The Hall–Kier alpha value is -2.80. The highest BCUT2D eigenvalue weighted by atomic mass is 32.2. The first kappa shape index (κ1) is 20.5. The molecule has 6 nitrogen and oxygen atoms in total. The van der Waals surface area contributed by atoms with Crippen LogP contribution in [0.25, 0.3) is 0 Å². The van der Waals surface area contributed by atoms with Crippen molar-refractivity contribution in [3.63, 3.8) is 0 Å². The molecule has 0 aromatic heterocycles. The quantitative estimate of drug-likeness (QED) is 0.543. The van der Waals surface area contributed by atoms with Crippen molar-refractivity contribution in [1.29, 1.82) is 0 Å². The summed E-state index contributed by atoms with van der Waals surface area (Å²) >= 11 is 1.42. The van der Waals surface area contributed by atoms with Crippen LogP contribution in [0.2, 0.25) is 0 Å². The Morgan fingerprint density at radius 1 is 1.03 bits per heavy atom. The lowest BCUT2D eigenvalue weighted by Crippen LogP contribution is -2.24. The standard InChI is InChI=1S/C23H24N2O4S/c26-21(24-18-6-2-7-19(13-18)25-11-3-8-22(25)27)14-29-23(28)15-30-20-10-9-16-4-1-5-17(16)12-20/h2,6-7,9-10,12-13H,1,3-5,8,11,14-15H2,(H,24,26). The second-order valence-electron chi connectivity index (χ2n) is 7.48. The van der Waals surface area contributed by atoms with E-state index in [0.717, 1.165) is 29.8 Å². The number of benzene rings is 2. The van der Waals surface area contributed by atoms with Crippen LogP contribution in [0.3, 0.4) is 0 Å². The summed E-state index contributed by atoms with van der Waals surface area (Å²) in [6, 6.07) is 13.4. The van der Waals surface area contributed by atoms with E-state index in [9.17, 15) is 14.4 Å². The summed E-state index contributed by atoms with van der Waals surface area (Å²) < 4.78 is 5.10. The second kappa shape index (κ2) is 9.34. The van der Waals surface area contributed by atoms with E-state index >= 15 is 0 Å². The number of hydrogen-bond acceptors (Lipinski definition) is 5. The van der Waals surface area contributed by atoms with Crippen molar-refractivity contribution < 1.29 is 19.1 Å². The summed E-state index contributed by atoms with van der Waals surface area (Å²) in [6.07, 6.45) is 4.82. The summed E-state index contributed by atoms with van der Waals surface area (Å²) in [7, 11) is 0. The smallest absolute Gasteiger partial charge is 0.316 e. The molecular formula is C23H24N2O4S. The highest BCUT2D eigenvalue weighted by Crippen LogP contribution is 2.27. The van der Waals surface area contributed by atoms with Gasteiger partial charge in [0.05, 0.1) is 5.75 Å². The van der Waals surface area contributed by atoms with E-state index in [2.05, 4.69) is 17.4 Å². The predicted octanol–water partition coefficient (Wildman–Crippen LogP) is 3.58. The number of amides is 2. The molecule has 2 aromatic rings. The average molecular weight is 425 g/mol. The van der Waals surface area contributed by atoms with Crippen LogP contribution in [0.5, 0.6) is 0 Å². The minimum atomic E-state index is -0.424. The maximum Gasteiger partial charge on any atom is 0.316 e. The number of carbonyl (C=O) groups excluding carboxylic acids is 3. The Morgan fingerprint density at radius 3 is 2.73 bits per heavy atom. The van der Waals surface area contributed by atoms with Gasteiger partial charge in [-0.3, -0.25) is 14.4 Å². The van der Waals surface area contributed by atoms with Crippen molar-refractivity contribution >= 4 is 40.9 Å². The average Bonchev–Trinajstić information content (AvgIpc) is 3.39. The van der Waals surface area contributed by atoms with E-state index in [-0.39, 0.29) is 18.3 Å². The lowest BCUT2D eigenvalue weighted by molar-refractivity contribution is -0.144. The number of nitrogens with one attached hydrogen (secondary N) is 1. The SMILES string of the molecule is O=C(COC(=O)CSc1ccc2c(c1)CCC2)Nc1cccc(N2CCCC2=O)c1. The summed E-state index contributed by atoms with van der Waals surface area (Å²) in [6.45, 7) is 0.353. The molecule has 2 aliphatic rings. The van der Waals surface area contributed by atoms with E-state index < -0.39 is 11.9 Å². The predicted molar refractivity (Wildman–Crippen MR) is 117 cm³/mol. The van der Waals surface area contributed by atoms with Gasteiger partial charge in [-0.1, -0.05) is 12.1 Å². The zero-order chi connectivity index (χ0) is 20.9. The maximum atomic E-state index is 12.1. The van der Waals surface area contributed by atoms with Gasteiger partial charge in [-0.2, -0.15) is 0 Å². The van der Waals surface area contributed by atoms with E-state index in [1.54, 1.807) is 23.1 Å². The first-order valence-electron chi connectivity index (χ1n) is 10.2. The van der Waals surface area contributed by atoms with Gasteiger partial charge in [-0.25, -0.2) is 0 Å². The van der Waals surface area contributed by atoms with Crippen LogP contribution >= 0.6 is 11.8 Å². The third-order valence-electron chi connectivity index (χ3n) is 5.31. The lowest BCUT2D eigenvalue weighted by Gasteiger charge is -2.16. The molecule has 1 aliphatic carbocycles. The Balaban J connectivity index is 1.23. The van der Waals surface area contributed by atoms with Gasteiger partial charge in [-0.15, -0.1) is 11.8 Å². The van der Waals surface area contributed by atoms with Crippen molar-refractivity contribution in [2.24, 2.45) is 0 Å². The van der Waals surface area contributed by atoms with Gasteiger partial charge < -0.3 is 15.0 Å². The lowest BCUT2D eigenvalue weighted by atomic mass is 10.1. The van der Waals surface area contributed by atoms with Crippen LogP contribution in [-0.4, -0.2) is 36.7 Å². The van der Waals surface area contributed by atoms with Gasteiger partial charge in [0.2, 0.25) is 5.91 Å². The van der Waals surface area contributed by atoms with Gasteiger partial charge in [0.1, 0.15) is 0 Å². The summed E-state index contributed by atoms with van der Waals surface area (Å²) in [4.78, 5) is 38.8. The van der Waals surface area contributed by atoms with Crippen LogP contribution in [-0.2, 0) is 32.0 Å². The Labute approximate surface area is 180 Å². The van der Waals surface area contributed by atoms with Gasteiger partial charge in [0.15, 0.2) is 6.61 Å². The highest BCUT2D eigenvalue weighted by Gasteiger charge is 2.22. The molecule has 0 unspecified atom stereocenters. The number of anilines is 2. The monoisotopic (exact) mass is 424 g/mol. The highest BCUT2D eigenvalue weighted by molar-refractivity contribution is 8.00. The molecule has 1 N–H and O–H groups in total. The number of thioether (sulfide) groups is 1. The Bertz CT molecular complexity index is 975. The fourth-order valence-corrected chi connectivity index (χ4v) is 4.60. The molecule has 0 spiro atoms. The largest absolute Gasteiger partial charge is 0.455 e. The molecule has 2 aromatic carbocycles. The van der Waals surface area contributed by atoms with E-state index in [4.69, 9.17) is 4.74 Å². The molecule has 4 rings (SSSR count). The minimum absolute atomic E-state index is 0.0910. The number of aryl methyl sites for hydroxylation is 2. The fraction of sp³-hybridized carbons (Fsp3) is 0.348. The molecule has 0 atom stereocenters. The molecular weight excluding hydrogens is 400 g/mol. The summed E-state index contributed by atoms with van der Waals surface area (Å²) in [5.41, 5.74) is 4.10. The van der Waals surface area contributed by atoms with Crippen molar-refractivity contribution in [3.8, 4) is 0 Å². The van der Waals surface area contributed by atoms with Crippen LogP contribution in [0, 0.1) is 0 Å². The van der Waals surface area contributed by atoms with Gasteiger partial charge >= 0.3 is 5.97 Å². The fourth-order valence-electron chi connectivity index (χ4n) is 3.84. The van der Waals surface area contributed by atoms with Crippen LogP contribution in [0.15, 0.2) is 47.4 Å². The molecule has 1 fully saturated rings. The van der Waals surface area contributed by atoms with Crippen molar-refractivity contribution in [3.05, 3.63) is 53.6 Å². The zero-order valence-corrected chi connectivity index (χ0v) is 17.5. The van der Waals surface area contributed by atoms with E-state index in [1.807, 2.05) is 12.1 Å². The molecule has 30 heavy (non-hydrogen) atoms.